The first-order valence-corrected chi connectivity index (χ1v) is 13.1. The van der Waals surface area contributed by atoms with Crippen molar-refractivity contribution in [3.8, 4) is 0 Å². The first-order valence-electron chi connectivity index (χ1n) is 11.3. The monoisotopic (exact) mass is 489 g/mol. The van der Waals surface area contributed by atoms with Gasteiger partial charge < -0.3 is 10.2 Å². The number of anilines is 1. The summed E-state index contributed by atoms with van der Waals surface area (Å²) in [6.07, 6.45) is 5.16. The van der Waals surface area contributed by atoms with E-state index in [0.29, 0.717) is 29.4 Å². The molecule has 2 fully saturated rings. The minimum absolute atomic E-state index is 0.0142. The molecule has 1 aliphatic carbocycles. The van der Waals surface area contributed by atoms with Gasteiger partial charge in [0.2, 0.25) is 15.9 Å². The topological polar surface area (TPSA) is 86.8 Å². The highest BCUT2D eigenvalue weighted by molar-refractivity contribution is 7.89. The fourth-order valence-corrected chi connectivity index (χ4v) is 5.96. The Kier molecular flexibility index (Phi) is 7.36. The number of carbonyl (C=O) groups is 2. The van der Waals surface area contributed by atoms with E-state index in [9.17, 15) is 18.0 Å². The summed E-state index contributed by atoms with van der Waals surface area (Å²) in [6.45, 7) is 1.03. The Labute approximate surface area is 199 Å². The van der Waals surface area contributed by atoms with Crippen molar-refractivity contribution in [2.24, 2.45) is 5.92 Å². The molecule has 2 aliphatic rings. The highest BCUT2D eigenvalue weighted by atomic mass is 35.5. The van der Waals surface area contributed by atoms with Crippen molar-refractivity contribution >= 4 is 39.1 Å². The van der Waals surface area contributed by atoms with Gasteiger partial charge in [0.05, 0.1) is 4.90 Å². The molecule has 176 valence electrons. The molecule has 0 radical (unpaired) electrons. The minimum atomic E-state index is -3.63. The molecule has 2 aromatic carbocycles. The van der Waals surface area contributed by atoms with E-state index in [1.54, 1.807) is 41.3 Å². The van der Waals surface area contributed by atoms with E-state index in [1.165, 1.54) is 22.9 Å². The highest BCUT2D eigenvalue weighted by Gasteiger charge is 2.30. The molecule has 4 rings (SSSR count). The lowest BCUT2D eigenvalue weighted by Crippen LogP contribution is -2.50. The first kappa shape index (κ1) is 23.7. The van der Waals surface area contributed by atoms with E-state index in [1.807, 2.05) is 0 Å². The van der Waals surface area contributed by atoms with Crippen LogP contribution in [0, 0.1) is 5.92 Å². The molecule has 1 heterocycles. The number of sulfonamides is 1. The maximum Gasteiger partial charge on any atom is 0.254 e. The number of hydrogen-bond acceptors (Lipinski definition) is 4. The average molecular weight is 490 g/mol. The molecule has 9 heteroatoms. The Bertz CT molecular complexity index is 1110. The third-order valence-electron chi connectivity index (χ3n) is 6.33. The number of amides is 2. The van der Waals surface area contributed by atoms with Gasteiger partial charge in [0.15, 0.2) is 0 Å². The lowest BCUT2D eigenvalue weighted by molar-refractivity contribution is -0.120. The van der Waals surface area contributed by atoms with E-state index in [4.69, 9.17) is 11.6 Å². The van der Waals surface area contributed by atoms with Crippen LogP contribution in [-0.4, -0.2) is 55.6 Å². The van der Waals surface area contributed by atoms with Crippen LogP contribution in [0.5, 0.6) is 0 Å². The van der Waals surface area contributed by atoms with Crippen LogP contribution >= 0.6 is 11.6 Å². The first-order chi connectivity index (χ1) is 15.8. The molecule has 1 N–H and O–H groups in total. The van der Waals surface area contributed by atoms with Crippen molar-refractivity contribution in [2.45, 2.75) is 37.0 Å². The van der Waals surface area contributed by atoms with Gasteiger partial charge in [-0.3, -0.25) is 9.59 Å². The number of piperazine rings is 1. The normalized spacial score (nSPS) is 18.2. The van der Waals surface area contributed by atoms with Gasteiger partial charge in [-0.25, -0.2) is 8.42 Å². The van der Waals surface area contributed by atoms with Crippen LogP contribution in [0.2, 0.25) is 5.02 Å². The Hall–Kier alpha value is -2.42. The molecule has 33 heavy (non-hydrogen) atoms. The standard InChI is InChI=1S/C24H28ClN3O4S/c25-20-9-11-22(12-10-20)33(31,32)28-15-13-27(14-16-28)24(30)19-7-4-8-21(17-19)26-23(29)18-5-2-1-3-6-18/h4,7-12,17-18H,1-3,5-6,13-16H2,(H,26,29). The summed E-state index contributed by atoms with van der Waals surface area (Å²) >= 11 is 5.86. The second-order valence-electron chi connectivity index (χ2n) is 8.56. The van der Waals surface area contributed by atoms with E-state index < -0.39 is 10.0 Å². The van der Waals surface area contributed by atoms with E-state index in [-0.39, 0.29) is 35.7 Å². The van der Waals surface area contributed by atoms with Gasteiger partial charge in [0, 0.05) is 48.4 Å². The van der Waals surface area contributed by atoms with Crippen LogP contribution in [0.1, 0.15) is 42.5 Å². The van der Waals surface area contributed by atoms with Gasteiger partial charge in [-0.15, -0.1) is 0 Å². The predicted octanol–water partition coefficient (Wildman–Crippen LogP) is 4.01. The largest absolute Gasteiger partial charge is 0.336 e. The summed E-state index contributed by atoms with van der Waals surface area (Å²) in [5.41, 5.74) is 1.09. The van der Waals surface area contributed by atoms with Crippen LogP contribution in [-0.2, 0) is 14.8 Å². The van der Waals surface area contributed by atoms with Crippen molar-refractivity contribution in [3.63, 3.8) is 0 Å². The molecule has 0 bridgehead atoms. The van der Waals surface area contributed by atoms with Crippen molar-refractivity contribution < 1.29 is 18.0 Å². The van der Waals surface area contributed by atoms with Gasteiger partial charge in [-0.05, 0) is 55.3 Å². The molecule has 0 spiro atoms. The van der Waals surface area contributed by atoms with Gasteiger partial charge in [0.25, 0.3) is 5.91 Å². The average Bonchev–Trinajstić information content (AvgIpc) is 2.84. The van der Waals surface area contributed by atoms with Crippen molar-refractivity contribution in [2.75, 3.05) is 31.5 Å². The summed E-state index contributed by atoms with van der Waals surface area (Å²) in [5.74, 6) is -0.124. The number of nitrogens with one attached hydrogen (secondary N) is 1. The van der Waals surface area contributed by atoms with Crippen molar-refractivity contribution in [3.05, 3.63) is 59.1 Å². The van der Waals surface area contributed by atoms with E-state index >= 15 is 0 Å². The lowest BCUT2D eigenvalue weighted by atomic mass is 9.88. The maximum atomic E-state index is 13.0. The number of benzene rings is 2. The van der Waals surface area contributed by atoms with Gasteiger partial charge in [-0.2, -0.15) is 4.31 Å². The summed E-state index contributed by atoms with van der Waals surface area (Å²) in [4.78, 5) is 27.4. The summed E-state index contributed by atoms with van der Waals surface area (Å²) in [6, 6.07) is 13.0. The molecule has 1 saturated heterocycles. The predicted molar refractivity (Wildman–Crippen MR) is 128 cm³/mol. The molecule has 2 aromatic rings. The fourth-order valence-electron chi connectivity index (χ4n) is 4.41. The second-order valence-corrected chi connectivity index (χ2v) is 10.9. The lowest BCUT2D eigenvalue weighted by Gasteiger charge is -2.34. The number of nitrogens with zero attached hydrogens (tertiary/aromatic N) is 2. The Morgan fingerprint density at radius 1 is 0.909 bits per heavy atom. The second kappa shape index (κ2) is 10.2. The number of hydrogen-bond donors (Lipinski definition) is 1. The van der Waals surface area contributed by atoms with Crippen LogP contribution < -0.4 is 5.32 Å². The zero-order chi connectivity index (χ0) is 23.4. The molecule has 7 nitrogen and oxygen atoms in total. The molecule has 0 aromatic heterocycles. The van der Waals surface area contributed by atoms with Crippen LogP contribution in [0.15, 0.2) is 53.4 Å². The quantitative estimate of drug-likeness (QED) is 0.687. The Balaban J connectivity index is 1.37. The fraction of sp³-hybridized carbons (Fsp3) is 0.417. The summed E-state index contributed by atoms with van der Waals surface area (Å²) in [5, 5.41) is 3.43. The molecule has 2 amide bonds. The number of carbonyl (C=O) groups excluding carboxylic acids is 2. The minimum Gasteiger partial charge on any atom is -0.336 e. The number of halogens is 1. The molecule has 1 saturated carbocycles. The van der Waals surface area contributed by atoms with Gasteiger partial charge in [0.1, 0.15) is 0 Å². The number of rotatable bonds is 5. The molecular formula is C24H28ClN3O4S. The van der Waals surface area contributed by atoms with Crippen LogP contribution in [0.25, 0.3) is 0 Å². The Morgan fingerprint density at radius 3 is 2.24 bits per heavy atom. The summed E-state index contributed by atoms with van der Waals surface area (Å²) < 4.78 is 27.1. The van der Waals surface area contributed by atoms with E-state index in [2.05, 4.69) is 5.32 Å². The third kappa shape index (κ3) is 5.57. The molecule has 0 atom stereocenters. The molecule has 0 unspecified atom stereocenters. The van der Waals surface area contributed by atoms with Crippen molar-refractivity contribution in [1.82, 2.24) is 9.21 Å². The maximum absolute atomic E-state index is 13.0. The zero-order valence-corrected chi connectivity index (χ0v) is 19.9. The van der Waals surface area contributed by atoms with Crippen molar-refractivity contribution in [1.29, 1.82) is 0 Å². The third-order valence-corrected chi connectivity index (χ3v) is 8.50. The summed E-state index contributed by atoms with van der Waals surface area (Å²) in [7, 11) is -3.63. The highest BCUT2D eigenvalue weighted by Crippen LogP contribution is 2.25. The van der Waals surface area contributed by atoms with E-state index in [0.717, 1.165) is 25.7 Å². The van der Waals surface area contributed by atoms with Crippen LogP contribution in [0.4, 0.5) is 5.69 Å². The van der Waals surface area contributed by atoms with Gasteiger partial charge >= 0.3 is 0 Å². The smallest absolute Gasteiger partial charge is 0.254 e. The Morgan fingerprint density at radius 2 is 1.58 bits per heavy atom. The molecule has 1 aliphatic heterocycles. The SMILES string of the molecule is O=C(Nc1cccc(C(=O)N2CCN(S(=O)(=O)c3ccc(Cl)cc3)CC2)c1)C1CCCCC1. The molecular weight excluding hydrogens is 462 g/mol. The zero-order valence-electron chi connectivity index (χ0n) is 18.4. The van der Waals surface area contributed by atoms with Gasteiger partial charge in [-0.1, -0.05) is 36.9 Å². The van der Waals surface area contributed by atoms with Crippen LogP contribution in [0.3, 0.4) is 0 Å².